The Balaban J connectivity index is 2.68. The standard InChI is InChI=1S/C10H11ClN2/c1-6(12)10-5-7-8(11)3-2-4-9(7)13-10/h2-6,13H,12H2,1H3. The lowest BCUT2D eigenvalue weighted by atomic mass is 10.2. The fourth-order valence-electron chi connectivity index (χ4n) is 1.39. The number of aromatic amines is 1. The highest BCUT2D eigenvalue weighted by atomic mass is 35.5. The molecule has 0 saturated carbocycles. The van der Waals surface area contributed by atoms with Crippen molar-refractivity contribution in [2.45, 2.75) is 13.0 Å². The Morgan fingerprint density at radius 1 is 1.46 bits per heavy atom. The minimum atomic E-state index is 0.0171. The molecule has 0 aliphatic rings. The smallest absolute Gasteiger partial charge is 0.0499 e. The van der Waals surface area contributed by atoms with Gasteiger partial charge >= 0.3 is 0 Å². The fraction of sp³-hybridized carbons (Fsp3) is 0.200. The normalized spacial score (nSPS) is 13.5. The number of hydrogen-bond acceptors (Lipinski definition) is 1. The van der Waals surface area contributed by atoms with Gasteiger partial charge in [-0.05, 0) is 25.1 Å². The van der Waals surface area contributed by atoms with Crippen LogP contribution in [-0.2, 0) is 0 Å². The second kappa shape index (κ2) is 3.05. The number of hydrogen-bond donors (Lipinski definition) is 2. The molecular formula is C10H11ClN2. The summed E-state index contributed by atoms with van der Waals surface area (Å²) in [6.45, 7) is 1.94. The summed E-state index contributed by atoms with van der Waals surface area (Å²) < 4.78 is 0. The van der Waals surface area contributed by atoms with Gasteiger partial charge in [0, 0.05) is 27.7 Å². The number of benzene rings is 1. The summed E-state index contributed by atoms with van der Waals surface area (Å²) >= 11 is 6.01. The van der Waals surface area contributed by atoms with E-state index in [0.717, 1.165) is 21.6 Å². The zero-order valence-electron chi connectivity index (χ0n) is 7.34. The first-order valence-electron chi connectivity index (χ1n) is 4.21. The third-order valence-corrected chi connectivity index (χ3v) is 2.45. The summed E-state index contributed by atoms with van der Waals surface area (Å²) in [5, 5.41) is 1.80. The van der Waals surface area contributed by atoms with Crippen molar-refractivity contribution >= 4 is 22.5 Å². The van der Waals surface area contributed by atoms with Crippen molar-refractivity contribution in [2.24, 2.45) is 5.73 Å². The maximum atomic E-state index is 6.01. The van der Waals surface area contributed by atoms with Crippen molar-refractivity contribution < 1.29 is 0 Å². The lowest BCUT2D eigenvalue weighted by molar-refractivity contribution is 0.792. The molecule has 13 heavy (non-hydrogen) atoms. The van der Waals surface area contributed by atoms with E-state index in [1.807, 2.05) is 31.2 Å². The van der Waals surface area contributed by atoms with E-state index in [2.05, 4.69) is 4.98 Å². The van der Waals surface area contributed by atoms with Gasteiger partial charge in [0.2, 0.25) is 0 Å². The summed E-state index contributed by atoms with van der Waals surface area (Å²) in [5.74, 6) is 0. The van der Waals surface area contributed by atoms with Crippen LogP contribution in [0.25, 0.3) is 10.9 Å². The highest BCUT2D eigenvalue weighted by Crippen LogP contribution is 2.25. The molecule has 1 aromatic carbocycles. The average molecular weight is 195 g/mol. The molecule has 0 aliphatic heterocycles. The molecule has 0 saturated heterocycles. The van der Waals surface area contributed by atoms with E-state index >= 15 is 0 Å². The monoisotopic (exact) mass is 194 g/mol. The van der Waals surface area contributed by atoms with Crippen LogP contribution in [0, 0.1) is 0 Å². The molecule has 1 heterocycles. The SMILES string of the molecule is CC(N)c1cc2c(Cl)cccc2[nH]1. The molecule has 1 unspecified atom stereocenters. The molecule has 68 valence electrons. The van der Waals surface area contributed by atoms with E-state index in [1.165, 1.54) is 0 Å². The highest BCUT2D eigenvalue weighted by molar-refractivity contribution is 6.35. The van der Waals surface area contributed by atoms with Crippen LogP contribution in [0.3, 0.4) is 0 Å². The number of aromatic nitrogens is 1. The maximum absolute atomic E-state index is 6.01. The molecule has 0 spiro atoms. The van der Waals surface area contributed by atoms with Crippen LogP contribution in [-0.4, -0.2) is 4.98 Å². The van der Waals surface area contributed by atoms with E-state index in [1.54, 1.807) is 0 Å². The molecule has 0 radical (unpaired) electrons. The first kappa shape index (κ1) is 8.60. The minimum absolute atomic E-state index is 0.0171. The highest BCUT2D eigenvalue weighted by Gasteiger charge is 2.05. The average Bonchev–Trinajstić information content (AvgIpc) is 2.49. The maximum Gasteiger partial charge on any atom is 0.0499 e. The second-order valence-corrected chi connectivity index (χ2v) is 3.62. The minimum Gasteiger partial charge on any atom is -0.357 e. The van der Waals surface area contributed by atoms with Crippen molar-refractivity contribution in [3.8, 4) is 0 Å². The molecular weight excluding hydrogens is 184 g/mol. The van der Waals surface area contributed by atoms with Gasteiger partial charge in [0.05, 0.1) is 0 Å². The fourth-order valence-corrected chi connectivity index (χ4v) is 1.61. The van der Waals surface area contributed by atoms with Gasteiger partial charge in [-0.1, -0.05) is 17.7 Å². The van der Waals surface area contributed by atoms with Crippen LogP contribution in [0.4, 0.5) is 0 Å². The second-order valence-electron chi connectivity index (χ2n) is 3.21. The van der Waals surface area contributed by atoms with Gasteiger partial charge in [0.1, 0.15) is 0 Å². The van der Waals surface area contributed by atoms with Gasteiger partial charge in [-0.3, -0.25) is 0 Å². The van der Waals surface area contributed by atoms with Gasteiger partial charge < -0.3 is 10.7 Å². The molecule has 3 N–H and O–H groups in total. The lowest BCUT2D eigenvalue weighted by Gasteiger charge is -1.98. The van der Waals surface area contributed by atoms with Gasteiger partial charge in [-0.2, -0.15) is 0 Å². The Hall–Kier alpha value is -0.990. The number of halogens is 1. The predicted octanol–water partition coefficient (Wildman–Crippen LogP) is 2.84. The number of H-pyrrole nitrogens is 1. The lowest BCUT2D eigenvalue weighted by Crippen LogP contribution is -2.04. The Bertz CT molecular complexity index is 431. The van der Waals surface area contributed by atoms with E-state index < -0.39 is 0 Å². The third kappa shape index (κ3) is 1.43. The van der Waals surface area contributed by atoms with E-state index in [4.69, 9.17) is 17.3 Å². The van der Waals surface area contributed by atoms with Crippen molar-refractivity contribution in [3.05, 3.63) is 35.0 Å². The van der Waals surface area contributed by atoms with Crippen molar-refractivity contribution in [3.63, 3.8) is 0 Å². The van der Waals surface area contributed by atoms with Crippen LogP contribution in [0.2, 0.25) is 5.02 Å². The van der Waals surface area contributed by atoms with Gasteiger partial charge in [0.15, 0.2) is 0 Å². The van der Waals surface area contributed by atoms with Crippen LogP contribution in [0.15, 0.2) is 24.3 Å². The van der Waals surface area contributed by atoms with Crippen molar-refractivity contribution in [2.75, 3.05) is 0 Å². The Labute approximate surface area is 81.7 Å². The number of fused-ring (bicyclic) bond motifs is 1. The van der Waals surface area contributed by atoms with Crippen LogP contribution < -0.4 is 5.73 Å². The topological polar surface area (TPSA) is 41.8 Å². The third-order valence-electron chi connectivity index (χ3n) is 2.12. The van der Waals surface area contributed by atoms with E-state index in [0.29, 0.717) is 0 Å². The summed E-state index contributed by atoms with van der Waals surface area (Å²) in [6.07, 6.45) is 0. The summed E-state index contributed by atoms with van der Waals surface area (Å²) in [6, 6.07) is 7.81. The Morgan fingerprint density at radius 2 is 2.23 bits per heavy atom. The quantitative estimate of drug-likeness (QED) is 0.720. The first-order valence-corrected chi connectivity index (χ1v) is 4.59. The molecule has 1 aromatic heterocycles. The van der Waals surface area contributed by atoms with E-state index in [9.17, 15) is 0 Å². The van der Waals surface area contributed by atoms with Gasteiger partial charge in [0.25, 0.3) is 0 Å². The largest absolute Gasteiger partial charge is 0.357 e. The van der Waals surface area contributed by atoms with Crippen molar-refractivity contribution in [1.29, 1.82) is 0 Å². The molecule has 2 nitrogen and oxygen atoms in total. The predicted molar refractivity (Wildman–Crippen MR) is 55.9 cm³/mol. The molecule has 2 aromatic rings. The molecule has 0 bridgehead atoms. The van der Waals surface area contributed by atoms with Gasteiger partial charge in [-0.25, -0.2) is 0 Å². The van der Waals surface area contributed by atoms with E-state index in [-0.39, 0.29) is 6.04 Å². The van der Waals surface area contributed by atoms with Gasteiger partial charge in [-0.15, -0.1) is 0 Å². The van der Waals surface area contributed by atoms with Crippen LogP contribution in [0.5, 0.6) is 0 Å². The molecule has 1 atom stereocenters. The molecule has 2 rings (SSSR count). The zero-order chi connectivity index (χ0) is 9.42. The Kier molecular flexibility index (Phi) is 2.02. The molecule has 0 fully saturated rings. The number of nitrogens with two attached hydrogens (primary N) is 1. The zero-order valence-corrected chi connectivity index (χ0v) is 8.10. The summed E-state index contributed by atoms with van der Waals surface area (Å²) in [4.78, 5) is 3.23. The van der Waals surface area contributed by atoms with Crippen LogP contribution >= 0.6 is 11.6 Å². The van der Waals surface area contributed by atoms with Crippen LogP contribution in [0.1, 0.15) is 18.7 Å². The number of nitrogens with one attached hydrogen (secondary N) is 1. The molecule has 0 amide bonds. The summed E-state index contributed by atoms with van der Waals surface area (Å²) in [5.41, 5.74) is 7.81. The van der Waals surface area contributed by atoms with Crippen molar-refractivity contribution in [1.82, 2.24) is 4.98 Å². The molecule has 0 aliphatic carbocycles. The Morgan fingerprint density at radius 3 is 2.85 bits per heavy atom. The molecule has 3 heteroatoms. The number of rotatable bonds is 1. The first-order chi connectivity index (χ1) is 6.18. The summed E-state index contributed by atoms with van der Waals surface area (Å²) in [7, 11) is 0.